The van der Waals surface area contributed by atoms with Crippen molar-refractivity contribution < 1.29 is 33.3 Å². The molecule has 0 N–H and O–H groups in total. The molecule has 15 atom stereocenters. The van der Waals surface area contributed by atoms with Gasteiger partial charge in [0.25, 0.3) is 0 Å². The number of hydrogen-bond donors (Lipinski definition) is 0. The zero-order valence-electron chi connectivity index (χ0n) is 29.0. The lowest BCUT2D eigenvalue weighted by Gasteiger charge is -2.39. The van der Waals surface area contributed by atoms with Gasteiger partial charge in [0, 0.05) is 6.42 Å². The molecular formula is C38H60O7. The molecule has 2 saturated heterocycles. The van der Waals surface area contributed by atoms with Gasteiger partial charge in [-0.15, -0.1) is 0 Å². The third kappa shape index (κ3) is 6.27. The van der Waals surface area contributed by atoms with E-state index in [-0.39, 0.29) is 35.6 Å². The van der Waals surface area contributed by atoms with Gasteiger partial charge in [0.15, 0.2) is 6.29 Å². The molecule has 8 aliphatic rings. The predicted molar refractivity (Wildman–Crippen MR) is 170 cm³/mol. The smallest absolute Gasteiger partial charge is 0.317 e. The summed E-state index contributed by atoms with van der Waals surface area (Å²) >= 11 is 0. The van der Waals surface area contributed by atoms with Crippen LogP contribution in [0.5, 0.6) is 0 Å². The fourth-order valence-corrected chi connectivity index (χ4v) is 11.4. The van der Waals surface area contributed by atoms with E-state index in [4.69, 9.17) is 14.2 Å². The molecule has 7 nitrogen and oxygen atoms in total. The first-order valence-electron chi connectivity index (χ1n) is 18.6. The van der Waals surface area contributed by atoms with Crippen molar-refractivity contribution >= 4 is 17.9 Å². The lowest BCUT2D eigenvalue weighted by molar-refractivity contribution is -0.174. The molecule has 254 valence electrons. The Labute approximate surface area is 271 Å². The van der Waals surface area contributed by atoms with E-state index in [2.05, 4.69) is 39.4 Å². The maximum absolute atomic E-state index is 12.9. The summed E-state index contributed by atoms with van der Waals surface area (Å²) in [6, 6.07) is 0. The molecule has 2 aliphatic heterocycles. The van der Waals surface area contributed by atoms with Crippen molar-refractivity contribution in [3.8, 4) is 0 Å². The molecule has 7 heteroatoms. The second-order valence-electron chi connectivity index (χ2n) is 16.7. The second kappa shape index (κ2) is 13.2. The van der Waals surface area contributed by atoms with Gasteiger partial charge in [0.1, 0.15) is 5.60 Å². The minimum Gasteiger partial charge on any atom is -0.459 e. The number of esters is 3. The van der Waals surface area contributed by atoms with Gasteiger partial charge in [0.2, 0.25) is 0 Å². The lowest BCUT2D eigenvalue weighted by atomic mass is 9.74. The van der Waals surface area contributed by atoms with Crippen molar-refractivity contribution in [2.24, 2.45) is 82.9 Å². The number of ether oxygens (including phenoxy) is 4. The van der Waals surface area contributed by atoms with Crippen molar-refractivity contribution in [1.82, 2.24) is 0 Å². The normalized spacial score (nSPS) is 49.1. The quantitative estimate of drug-likeness (QED) is 0.231. The number of rotatable bonds is 5. The third-order valence-corrected chi connectivity index (χ3v) is 14.9. The highest BCUT2D eigenvalue weighted by molar-refractivity contribution is 5.95. The monoisotopic (exact) mass is 628 g/mol. The fourth-order valence-electron chi connectivity index (χ4n) is 11.4. The first-order chi connectivity index (χ1) is 21.4. The standard InChI is InChI=1S/C19H30O2.C13H22O2.C6H8O3/c1-4-19(10-13-5-6-15(19)7-13)21-18(20)17-9-14-8-16(17)12(3)11(14)2;1-8-9(2)12-6-10(8)5-11(12)7-13-14-3-4-15-13;1-3-4(2)6(8)9-5(3)7/h11-17H,4-10H2,1-3H3;8-13H,3-7H2,1-2H3;3-4H,1-2H3. The van der Waals surface area contributed by atoms with Gasteiger partial charge in [-0.2, -0.15) is 0 Å². The van der Waals surface area contributed by atoms with E-state index >= 15 is 0 Å². The van der Waals surface area contributed by atoms with Crippen LogP contribution in [0, 0.1) is 82.9 Å². The number of hydrogen-bond acceptors (Lipinski definition) is 7. The van der Waals surface area contributed by atoms with E-state index in [1.165, 1.54) is 38.5 Å². The molecule has 6 saturated carbocycles. The van der Waals surface area contributed by atoms with Crippen LogP contribution in [0.15, 0.2) is 0 Å². The van der Waals surface area contributed by atoms with E-state index in [0.29, 0.717) is 17.8 Å². The Hall–Kier alpha value is -1.47. The van der Waals surface area contributed by atoms with Crippen LogP contribution in [0.3, 0.4) is 0 Å². The Morgan fingerprint density at radius 3 is 1.82 bits per heavy atom. The summed E-state index contributed by atoms with van der Waals surface area (Å²) in [6.45, 7) is 16.8. The zero-order valence-corrected chi connectivity index (χ0v) is 29.0. The Balaban J connectivity index is 0.000000130. The summed E-state index contributed by atoms with van der Waals surface area (Å²) in [5, 5.41) is 0. The molecule has 45 heavy (non-hydrogen) atoms. The van der Waals surface area contributed by atoms with Crippen LogP contribution < -0.4 is 0 Å². The van der Waals surface area contributed by atoms with Gasteiger partial charge in [-0.25, -0.2) is 0 Å². The molecule has 0 radical (unpaired) electrons. The molecule has 0 aromatic heterocycles. The van der Waals surface area contributed by atoms with Gasteiger partial charge in [-0.3, -0.25) is 14.4 Å². The van der Waals surface area contributed by atoms with Crippen LogP contribution in [-0.4, -0.2) is 43.0 Å². The van der Waals surface area contributed by atoms with Crippen molar-refractivity contribution in [3.63, 3.8) is 0 Å². The van der Waals surface area contributed by atoms with Crippen molar-refractivity contribution in [2.45, 2.75) is 125 Å². The summed E-state index contributed by atoms with van der Waals surface area (Å²) in [6.07, 6.45) is 12.7. The topological polar surface area (TPSA) is 88.1 Å². The van der Waals surface area contributed by atoms with E-state index in [1.54, 1.807) is 13.8 Å². The van der Waals surface area contributed by atoms with E-state index in [1.807, 2.05) is 0 Å². The Morgan fingerprint density at radius 2 is 1.38 bits per heavy atom. The van der Waals surface area contributed by atoms with Crippen molar-refractivity contribution in [1.29, 1.82) is 0 Å². The summed E-state index contributed by atoms with van der Waals surface area (Å²) in [5.74, 6) is 8.18. The maximum atomic E-state index is 12.9. The number of fused-ring (bicyclic) bond motifs is 6. The van der Waals surface area contributed by atoms with E-state index in [0.717, 1.165) is 86.2 Å². The van der Waals surface area contributed by atoms with Crippen molar-refractivity contribution in [3.05, 3.63) is 0 Å². The number of carbonyl (C=O) groups is 3. The van der Waals surface area contributed by atoms with Crippen LogP contribution in [0.2, 0.25) is 0 Å². The summed E-state index contributed by atoms with van der Waals surface area (Å²) in [7, 11) is 0. The summed E-state index contributed by atoms with van der Waals surface area (Å²) < 4.78 is 21.7. The molecular weight excluding hydrogens is 568 g/mol. The average molecular weight is 629 g/mol. The minimum atomic E-state index is -0.396. The summed E-state index contributed by atoms with van der Waals surface area (Å²) in [5.41, 5.74) is -0.0866. The van der Waals surface area contributed by atoms with Crippen LogP contribution >= 0.6 is 0 Å². The van der Waals surface area contributed by atoms with Gasteiger partial charge in [-0.1, -0.05) is 48.5 Å². The Bertz CT molecular complexity index is 1080. The zero-order chi connectivity index (χ0) is 32.2. The van der Waals surface area contributed by atoms with Gasteiger partial charge >= 0.3 is 17.9 Å². The average Bonchev–Trinajstić information content (AvgIpc) is 3.89. The highest BCUT2D eigenvalue weighted by Crippen LogP contribution is 2.58. The highest BCUT2D eigenvalue weighted by Gasteiger charge is 2.56. The first-order valence-corrected chi connectivity index (χ1v) is 18.6. The molecule has 8 rings (SSSR count). The predicted octanol–water partition coefficient (Wildman–Crippen LogP) is 7.45. The fraction of sp³-hybridized carbons (Fsp3) is 0.921. The van der Waals surface area contributed by atoms with Gasteiger partial charge < -0.3 is 18.9 Å². The second-order valence-corrected chi connectivity index (χ2v) is 16.7. The molecule has 0 spiro atoms. The van der Waals surface area contributed by atoms with Crippen molar-refractivity contribution in [2.75, 3.05) is 13.2 Å². The minimum absolute atomic E-state index is 0.0866. The molecule has 6 aliphatic carbocycles. The molecule has 0 amide bonds. The molecule has 15 unspecified atom stereocenters. The van der Waals surface area contributed by atoms with Crippen LogP contribution in [0.25, 0.3) is 0 Å². The first kappa shape index (κ1) is 33.4. The highest BCUT2D eigenvalue weighted by atomic mass is 16.7. The molecule has 0 aromatic carbocycles. The Kier molecular flexibility index (Phi) is 9.81. The van der Waals surface area contributed by atoms with Gasteiger partial charge in [-0.05, 0) is 123 Å². The lowest BCUT2D eigenvalue weighted by Crippen LogP contribution is -2.43. The van der Waals surface area contributed by atoms with E-state index in [9.17, 15) is 14.4 Å². The molecule has 2 heterocycles. The van der Waals surface area contributed by atoms with Gasteiger partial charge in [0.05, 0.1) is 31.0 Å². The number of carbonyl (C=O) groups excluding carboxylic acids is 3. The van der Waals surface area contributed by atoms with Crippen LogP contribution in [0.4, 0.5) is 0 Å². The number of cyclic esters (lactones) is 2. The van der Waals surface area contributed by atoms with Crippen LogP contribution in [0.1, 0.15) is 113 Å². The maximum Gasteiger partial charge on any atom is 0.317 e. The summed E-state index contributed by atoms with van der Waals surface area (Å²) in [4.78, 5) is 34.0. The molecule has 6 bridgehead atoms. The van der Waals surface area contributed by atoms with Crippen LogP contribution in [-0.2, 0) is 33.3 Å². The third-order valence-electron chi connectivity index (χ3n) is 14.9. The van der Waals surface area contributed by atoms with E-state index < -0.39 is 11.9 Å². The largest absolute Gasteiger partial charge is 0.459 e. The SMILES string of the molecule is CC1C(=O)OC(=O)C1C.CC1C2CC(CC3OCCO3)C(C2)C1C.CCC1(OC(=O)C2CC3CC2C(C)C3C)CC2CCC1C2. The Morgan fingerprint density at radius 1 is 0.778 bits per heavy atom. The molecule has 8 fully saturated rings. The molecule has 0 aromatic rings.